The number of hydrogen-bond donors (Lipinski definition) is 0. The summed E-state index contributed by atoms with van der Waals surface area (Å²) >= 11 is 5.67. The first kappa shape index (κ1) is 18.5. The number of aromatic nitrogens is 1. The number of nitrogens with zero attached hydrogens (tertiary/aromatic N) is 2. The summed E-state index contributed by atoms with van der Waals surface area (Å²) in [6, 6.07) is 6.38. The third-order valence-electron chi connectivity index (χ3n) is 3.27. The summed E-state index contributed by atoms with van der Waals surface area (Å²) in [5.41, 5.74) is -0.114. The number of rotatable bonds is 5. The zero-order valence-electron chi connectivity index (χ0n) is 12.6. The van der Waals surface area contributed by atoms with Crippen LogP contribution in [0.1, 0.15) is 11.1 Å². The lowest BCUT2D eigenvalue weighted by atomic mass is 10.2. The highest BCUT2D eigenvalue weighted by Gasteiger charge is 2.33. The van der Waals surface area contributed by atoms with Gasteiger partial charge in [-0.3, -0.25) is 9.29 Å². The van der Waals surface area contributed by atoms with Gasteiger partial charge in [-0.1, -0.05) is 17.7 Å². The van der Waals surface area contributed by atoms with Crippen LogP contribution >= 0.6 is 11.6 Å². The van der Waals surface area contributed by atoms with Gasteiger partial charge in [-0.15, -0.1) is 0 Å². The molecule has 0 atom stereocenters. The fourth-order valence-electron chi connectivity index (χ4n) is 2.15. The van der Waals surface area contributed by atoms with Gasteiger partial charge in [0.1, 0.15) is 0 Å². The Morgan fingerprint density at radius 3 is 2.46 bits per heavy atom. The monoisotopic (exact) mass is 378 g/mol. The van der Waals surface area contributed by atoms with Crippen LogP contribution in [0.15, 0.2) is 42.7 Å². The molecular weight excluding hydrogens is 365 g/mol. The van der Waals surface area contributed by atoms with Gasteiger partial charge in [-0.2, -0.15) is 13.2 Å². The molecule has 2 aromatic rings. The Morgan fingerprint density at radius 2 is 1.96 bits per heavy atom. The highest BCUT2D eigenvalue weighted by molar-refractivity contribution is 7.92. The predicted molar refractivity (Wildman–Crippen MR) is 86.6 cm³/mol. The minimum atomic E-state index is -4.60. The van der Waals surface area contributed by atoms with Gasteiger partial charge >= 0.3 is 6.18 Å². The molecule has 0 radical (unpaired) electrons. The Labute approximate surface area is 142 Å². The van der Waals surface area contributed by atoms with Crippen molar-refractivity contribution in [1.82, 2.24) is 4.98 Å². The summed E-state index contributed by atoms with van der Waals surface area (Å²) in [6.07, 6.45) is -0.0593. The largest absolute Gasteiger partial charge is 0.417 e. The van der Waals surface area contributed by atoms with Crippen molar-refractivity contribution in [2.24, 2.45) is 0 Å². The Hall–Kier alpha value is -1.80. The van der Waals surface area contributed by atoms with Gasteiger partial charge in [0, 0.05) is 18.9 Å². The predicted octanol–water partition coefficient (Wildman–Crippen LogP) is 3.76. The molecular formula is C15H14ClF3N2O2S. The summed E-state index contributed by atoms with van der Waals surface area (Å²) in [7, 11) is -3.68. The van der Waals surface area contributed by atoms with Crippen LogP contribution in [0.25, 0.3) is 0 Å². The first-order valence-electron chi connectivity index (χ1n) is 6.82. The van der Waals surface area contributed by atoms with E-state index in [0.29, 0.717) is 6.42 Å². The van der Waals surface area contributed by atoms with Crippen LogP contribution in [-0.2, 0) is 22.6 Å². The van der Waals surface area contributed by atoms with Gasteiger partial charge in [0.05, 0.1) is 22.5 Å². The third-order valence-corrected chi connectivity index (χ3v) is 4.78. The van der Waals surface area contributed by atoms with E-state index in [2.05, 4.69) is 4.98 Å². The second kappa shape index (κ2) is 6.98. The molecule has 1 heterocycles. The highest BCUT2D eigenvalue weighted by Crippen LogP contribution is 2.36. The van der Waals surface area contributed by atoms with Crippen molar-refractivity contribution in [2.45, 2.75) is 12.6 Å². The lowest BCUT2D eigenvalue weighted by Gasteiger charge is -2.23. The van der Waals surface area contributed by atoms with Gasteiger partial charge in [0.15, 0.2) is 0 Å². The molecule has 0 unspecified atom stereocenters. The van der Waals surface area contributed by atoms with Crippen LogP contribution in [0.2, 0.25) is 5.02 Å². The minimum absolute atomic E-state index is 0.0617. The smallest absolute Gasteiger partial charge is 0.270 e. The molecule has 1 aromatic heterocycles. The maximum Gasteiger partial charge on any atom is 0.417 e. The Bertz CT molecular complexity index is 811. The normalized spacial score (nSPS) is 12.2. The summed E-state index contributed by atoms with van der Waals surface area (Å²) < 4.78 is 63.3. The molecule has 0 aliphatic rings. The zero-order valence-corrected chi connectivity index (χ0v) is 14.2. The van der Waals surface area contributed by atoms with Crippen molar-refractivity contribution in [3.05, 3.63) is 58.9 Å². The van der Waals surface area contributed by atoms with Crippen LogP contribution in [0, 0.1) is 0 Å². The van der Waals surface area contributed by atoms with E-state index < -0.39 is 26.8 Å². The number of anilines is 1. The second-order valence-corrected chi connectivity index (χ2v) is 7.42. The van der Waals surface area contributed by atoms with E-state index in [1.54, 1.807) is 24.5 Å². The molecule has 0 aliphatic heterocycles. The summed E-state index contributed by atoms with van der Waals surface area (Å²) in [5.74, 6) is 0. The van der Waals surface area contributed by atoms with E-state index in [1.807, 2.05) is 0 Å². The lowest BCUT2D eigenvalue weighted by molar-refractivity contribution is -0.137. The molecule has 2 rings (SSSR count). The average Bonchev–Trinajstić information content (AvgIpc) is 2.46. The number of pyridine rings is 1. The number of hydrogen-bond acceptors (Lipinski definition) is 3. The molecule has 24 heavy (non-hydrogen) atoms. The van der Waals surface area contributed by atoms with Crippen molar-refractivity contribution < 1.29 is 21.6 Å². The number of alkyl halides is 3. The molecule has 4 nitrogen and oxygen atoms in total. The number of sulfonamides is 1. The van der Waals surface area contributed by atoms with Gasteiger partial charge < -0.3 is 0 Å². The summed E-state index contributed by atoms with van der Waals surface area (Å²) in [4.78, 5) is 3.94. The molecule has 9 heteroatoms. The first-order valence-corrected chi connectivity index (χ1v) is 9.05. The molecule has 0 amide bonds. The van der Waals surface area contributed by atoms with Crippen LogP contribution in [0.5, 0.6) is 0 Å². The highest BCUT2D eigenvalue weighted by atomic mass is 35.5. The molecule has 0 saturated heterocycles. The molecule has 0 aliphatic carbocycles. The van der Waals surface area contributed by atoms with Gasteiger partial charge in [0.25, 0.3) is 0 Å². The Morgan fingerprint density at radius 1 is 1.25 bits per heavy atom. The number of halogens is 4. The van der Waals surface area contributed by atoms with E-state index in [9.17, 15) is 21.6 Å². The van der Waals surface area contributed by atoms with Crippen LogP contribution < -0.4 is 4.31 Å². The summed E-state index contributed by atoms with van der Waals surface area (Å²) in [5, 5.41) is -0.546. The Balaban J connectivity index is 2.31. The molecule has 1 aromatic carbocycles. The van der Waals surface area contributed by atoms with E-state index >= 15 is 0 Å². The van der Waals surface area contributed by atoms with Crippen molar-refractivity contribution in [1.29, 1.82) is 0 Å². The maximum absolute atomic E-state index is 12.8. The van der Waals surface area contributed by atoms with Gasteiger partial charge in [0.2, 0.25) is 10.0 Å². The van der Waals surface area contributed by atoms with E-state index in [-0.39, 0.29) is 12.2 Å². The SMILES string of the molecule is CS(=O)(=O)N(CCc1cccnc1)c1ccc(C(F)(F)F)c(Cl)c1. The maximum atomic E-state index is 12.8. The van der Waals surface area contributed by atoms with E-state index in [0.717, 1.165) is 34.3 Å². The molecule has 0 saturated carbocycles. The topological polar surface area (TPSA) is 50.3 Å². The van der Waals surface area contributed by atoms with Gasteiger partial charge in [-0.05, 0) is 36.2 Å². The van der Waals surface area contributed by atoms with Crippen molar-refractivity contribution in [3.8, 4) is 0 Å². The van der Waals surface area contributed by atoms with Crippen LogP contribution in [0.4, 0.5) is 18.9 Å². The number of benzene rings is 1. The molecule has 130 valence electrons. The van der Waals surface area contributed by atoms with Gasteiger partial charge in [-0.25, -0.2) is 8.42 Å². The molecule has 0 spiro atoms. The average molecular weight is 379 g/mol. The fraction of sp³-hybridized carbons (Fsp3) is 0.267. The first-order chi connectivity index (χ1) is 11.1. The van der Waals surface area contributed by atoms with Crippen LogP contribution in [-0.4, -0.2) is 26.2 Å². The summed E-state index contributed by atoms with van der Waals surface area (Å²) in [6.45, 7) is 0.0617. The van der Waals surface area contributed by atoms with Crippen LogP contribution in [0.3, 0.4) is 0 Å². The van der Waals surface area contributed by atoms with Crippen molar-refractivity contribution in [3.63, 3.8) is 0 Å². The standard InChI is InChI=1S/C15H14ClF3N2O2S/c1-24(22,23)21(8-6-11-3-2-7-20-10-11)12-4-5-13(14(16)9-12)15(17,18)19/h2-5,7,9-10H,6,8H2,1H3. The fourth-order valence-corrected chi connectivity index (χ4v) is 3.35. The third kappa shape index (κ3) is 4.61. The Kier molecular flexibility index (Phi) is 5.39. The zero-order chi connectivity index (χ0) is 18.0. The van der Waals surface area contributed by atoms with Crippen molar-refractivity contribution in [2.75, 3.05) is 17.1 Å². The van der Waals surface area contributed by atoms with Crippen molar-refractivity contribution >= 4 is 27.3 Å². The molecule has 0 N–H and O–H groups in total. The second-order valence-electron chi connectivity index (χ2n) is 5.11. The quantitative estimate of drug-likeness (QED) is 0.796. The van der Waals surface area contributed by atoms with E-state index in [4.69, 9.17) is 11.6 Å². The molecule has 0 bridgehead atoms. The molecule has 0 fully saturated rings. The van der Waals surface area contributed by atoms with E-state index in [1.165, 1.54) is 0 Å². The lowest BCUT2D eigenvalue weighted by Crippen LogP contribution is -2.32. The minimum Gasteiger partial charge on any atom is -0.270 e.